The van der Waals surface area contributed by atoms with E-state index in [2.05, 4.69) is 17.2 Å². The SMILES string of the molecule is CCc1nc(CCNC(=O)N2CCC(C(=O)O)C2)cs1. The van der Waals surface area contributed by atoms with Crippen LogP contribution in [0.5, 0.6) is 0 Å². The number of aryl methyl sites for hydroxylation is 1. The lowest BCUT2D eigenvalue weighted by molar-refractivity contribution is -0.141. The predicted molar refractivity (Wildman–Crippen MR) is 75.9 cm³/mol. The van der Waals surface area contributed by atoms with E-state index in [1.807, 2.05) is 5.38 Å². The Bertz CT molecular complexity index is 489. The van der Waals surface area contributed by atoms with Crippen LogP contribution in [-0.4, -0.2) is 46.6 Å². The normalized spacial score (nSPS) is 18.2. The lowest BCUT2D eigenvalue weighted by Crippen LogP contribution is -2.39. The molecular weight excluding hydrogens is 278 g/mol. The molecule has 2 N–H and O–H groups in total. The Morgan fingerprint density at radius 1 is 1.60 bits per heavy atom. The minimum absolute atomic E-state index is 0.181. The molecule has 1 aromatic heterocycles. The summed E-state index contributed by atoms with van der Waals surface area (Å²) in [5, 5.41) is 14.8. The molecule has 2 heterocycles. The van der Waals surface area contributed by atoms with Gasteiger partial charge >= 0.3 is 12.0 Å². The predicted octanol–water partition coefficient (Wildman–Crippen LogP) is 1.36. The minimum atomic E-state index is -0.824. The molecule has 1 saturated heterocycles. The molecule has 110 valence electrons. The van der Waals surface area contributed by atoms with Crippen LogP contribution in [0.4, 0.5) is 4.79 Å². The molecule has 7 heteroatoms. The molecule has 2 amide bonds. The Balaban J connectivity index is 1.71. The molecule has 1 fully saturated rings. The zero-order chi connectivity index (χ0) is 14.5. The number of thiazole rings is 1. The van der Waals surface area contributed by atoms with Crippen molar-refractivity contribution in [2.24, 2.45) is 5.92 Å². The van der Waals surface area contributed by atoms with Crippen molar-refractivity contribution in [3.05, 3.63) is 16.1 Å². The van der Waals surface area contributed by atoms with Gasteiger partial charge in [0.15, 0.2) is 0 Å². The standard InChI is InChI=1S/C13H19N3O3S/c1-2-11-15-10(8-20-11)3-5-14-13(19)16-6-4-9(7-16)12(17)18/h8-9H,2-7H2,1H3,(H,14,19)(H,17,18). The van der Waals surface area contributed by atoms with Crippen molar-refractivity contribution >= 4 is 23.3 Å². The fourth-order valence-electron chi connectivity index (χ4n) is 2.18. The second-order valence-electron chi connectivity index (χ2n) is 4.84. The first kappa shape index (κ1) is 14.8. The number of amides is 2. The highest BCUT2D eigenvalue weighted by atomic mass is 32.1. The Kier molecular flexibility index (Phi) is 4.94. The van der Waals surface area contributed by atoms with Crippen molar-refractivity contribution in [1.29, 1.82) is 0 Å². The van der Waals surface area contributed by atoms with E-state index < -0.39 is 11.9 Å². The van der Waals surface area contributed by atoms with Crippen molar-refractivity contribution in [2.75, 3.05) is 19.6 Å². The highest BCUT2D eigenvalue weighted by Gasteiger charge is 2.30. The van der Waals surface area contributed by atoms with E-state index in [1.54, 1.807) is 16.2 Å². The number of carbonyl (C=O) groups is 2. The molecular formula is C13H19N3O3S. The molecule has 20 heavy (non-hydrogen) atoms. The van der Waals surface area contributed by atoms with Crippen molar-refractivity contribution in [3.8, 4) is 0 Å². The molecule has 1 aliphatic heterocycles. The van der Waals surface area contributed by atoms with Gasteiger partial charge in [-0.1, -0.05) is 6.92 Å². The first-order valence-electron chi connectivity index (χ1n) is 6.79. The number of carboxylic acids is 1. The average Bonchev–Trinajstić information content (AvgIpc) is 3.07. The summed E-state index contributed by atoms with van der Waals surface area (Å²) in [6.07, 6.45) is 2.18. The molecule has 0 aliphatic carbocycles. The van der Waals surface area contributed by atoms with Gasteiger partial charge in [-0.15, -0.1) is 11.3 Å². The molecule has 0 spiro atoms. The second kappa shape index (κ2) is 6.69. The average molecular weight is 297 g/mol. The van der Waals surface area contributed by atoms with Crippen LogP contribution in [0.3, 0.4) is 0 Å². The van der Waals surface area contributed by atoms with Gasteiger partial charge in [-0.05, 0) is 12.8 Å². The van der Waals surface area contributed by atoms with Gasteiger partial charge in [0.2, 0.25) is 0 Å². The Morgan fingerprint density at radius 2 is 2.40 bits per heavy atom. The molecule has 6 nitrogen and oxygen atoms in total. The van der Waals surface area contributed by atoms with Crippen molar-refractivity contribution in [2.45, 2.75) is 26.2 Å². The van der Waals surface area contributed by atoms with E-state index in [0.29, 0.717) is 32.5 Å². The van der Waals surface area contributed by atoms with Crippen LogP contribution in [0.25, 0.3) is 0 Å². The van der Waals surface area contributed by atoms with E-state index in [0.717, 1.165) is 17.1 Å². The van der Waals surface area contributed by atoms with E-state index in [-0.39, 0.29) is 6.03 Å². The van der Waals surface area contributed by atoms with Crippen LogP contribution >= 0.6 is 11.3 Å². The summed E-state index contributed by atoms with van der Waals surface area (Å²) >= 11 is 1.64. The van der Waals surface area contributed by atoms with Crippen LogP contribution in [0, 0.1) is 5.92 Å². The van der Waals surface area contributed by atoms with Crippen molar-refractivity contribution < 1.29 is 14.7 Å². The smallest absolute Gasteiger partial charge is 0.317 e. The van der Waals surface area contributed by atoms with Crippen LogP contribution in [-0.2, 0) is 17.6 Å². The molecule has 1 atom stereocenters. The molecule has 1 unspecified atom stereocenters. The summed E-state index contributed by atoms with van der Waals surface area (Å²) in [6.45, 7) is 3.41. The first-order chi connectivity index (χ1) is 9.60. The molecule has 1 aromatic rings. The Morgan fingerprint density at radius 3 is 3.00 bits per heavy atom. The summed E-state index contributed by atoms with van der Waals surface area (Å²) < 4.78 is 0. The fraction of sp³-hybridized carbons (Fsp3) is 0.615. The summed E-state index contributed by atoms with van der Waals surface area (Å²) in [5.74, 6) is -1.25. The van der Waals surface area contributed by atoms with Gasteiger partial charge in [0.25, 0.3) is 0 Å². The summed E-state index contributed by atoms with van der Waals surface area (Å²) in [7, 11) is 0. The maximum absolute atomic E-state index is 11.9. The lowest BCUT2D eigenvalue weighted by atomic mass is 10.1. The first-order valence-corrected chi connectivity index (χ1v) is 7.67. The van der Waals surface area contributed by atoms with Gasteiger partial charge in [-0.25, -0.2) is 9.78 Å². The van der Waals surface area contributed by atoms with Gasteiger partial charge < -0.3 is 15.3 Å². The quantitative estimate of drug-likeness (QED) is 0.860. The summed E-state index contributed by atoms with van der Waals surface area (Å²) in [6, 6.07) is -0.181. The molecule has 1 aliphatic rings. The number of rotatable bonds is 5. The highest BCUT2D eigenvalue weighted by Crippen LogP contribution is 2.16. The van der Waals surface area contributed by atoms with Gasteiger partial charge in [-0.2, -0.15) is 0 Å². The number of nitrogens with one attached hydrogen (secondary N) is 1. The Labute approximate surface area is 121 Å². The lowest BCUT2D eigenvalue weighted by Gasteiger charge is -2.16. The van der Waals surface area contributed by atoms with E-state index in [4.69, 9.17) is 5.11 Å². The zero-order valence-electron chi connectivity index (χ0n) is 11.5. The monoisotopic (exact) mass is 297 g/mol. The number of hydrogen-bond acceptors (Lipinski definition) is 4. The maximum Gasteiger partial charge on any atom is 0.317 e. The number of aromatic nitrogens is 1. The highest BCUT2D eigenvalue weighted by molar-refractivity contribution is 7.09. The third kappa shape index (κ3) is 3.69. The number of carboxylic acid groups (broad SMARTS) is 1. The zero-order valence-corrected chi connectivity index (χ0v) is 12.3. The van der Waals surface area contributed by atoms with Crippen LogP contribution in [0.1, 0.15) is 24.0 Å². The molecule has 2 rings (SSSR count). The van der Waals surface area contributed by atoms with Gasteiger partial charge in [-0.3, -0.25) is 4.79 Å². The van der Waals surface area contributed by atoms with Crippen LogP contribution in [0.2, 0.25) is 0 Å². The van der Waals surface area contributed by atoms with Crippen molar-refractivity contribution in [3.63, 3.8) is 0 Å². The largest absolute Gasteiger partial charge is 0.481 e. The van der Waals surface area contributed by atoms with Gasteiger partial charge in [0.05, 0.1) is 16.6 Å². The number of aliphatic carboxylic acids is 1. The summed E-state index contributed by atoms with van der Waals surface area (Å²) in [4.78, 5) is 28.7. The third-order valence-corrected chi connectivity index (χ3v) is 4.43. The van der Waals surface area contributed by atoms with Crippen LogP contribution in [0.15, 0.2) is 5.38 Å². The fourth-order valence-corrected chi connectivity index (χ4v) is 2.96. The number of carbonyl (C=O) groups excluding carboxylic acids is 1. The molecule has 0 aromatic carbocycles. The number of likely N-dealkylation sites (tertiary alicyclic amines) is 1. The maximum atomic E-state index is 11.9. The van der Waals surface area contributed by atoms with E-state index in [1.165, 1.54) is 0 Å². The minimum Gasteiger partial charge on any atom is -0.481 e. The van der Waals surface area contributed by atoms with Gasteiger partial charge in [0.1, 0.15) is 0 Å². The molecule has 0 saturated carbocycles. The van der Waals surface area contributed by atoms with E-state index >= 15 is 0 Å². The Hall–Kier alpha value is -1.63. The van der Waals surface area contributed by atoms with E-state index in [9.17, 15) is 9.59 Å². The third-order valence-electron chi connectivity index (χ3n) is 3.38. The summed E-state index contributed by atoms with van der Waals surface area (Å²) in [5.41, 5.74) is 0.997. The molecule has 0 bridgehead atoms. The topological polar surface area (TPSA) is 82.5 Å². The number of hydrogen-bond donors (Lipinski definition) is 2. The second-order valence-corrected chi connectivity index (χ2v) is 5.78. The van der Waals surface area contributed by atoms with Crippen molar-refractivity contribution in [1.82, 2.24) is 15.2 Å². The van der Waals surface area contributed by atoms with Crippen LogP contribution < -0.4 is 5.32 Å². The van der Waals surface area contributed by atoms with Gasteiger partial charge in [0, 0.05) is 31.4 Å². The number of nitrogens with zero attached hydrogens (tertiary/aromatic N) is 2. The molecule has 0 radical (unpaired) electrons. The number of urea groups is 1.